The van der Waals surface area contributed by atoms with Crippen molar-refractivity contribution in [3.8, 4) is 28.2 Å². The average molecular weight is 328 g/mol. The number of rotatable bonds is 2. The topological polar surface area (TPSA) is 73.9 Å². The van der Waals surface area contributed by atoms with Crippen LogP contribution in [0.15, 0.2) is 23.0 Å². The van der Waals surface area contributed by atoms with Gasteiger partial charge in [0, 0.05) is 22.8 Å². The molecule has 0 saturated heterocycles. The number of hydrogen-bond acceptors (Lipinski definition) is 7. The standard InChI is InChI=1S/C16H16N4O2S/c1-9-7-18-15(23-9)12-19-14(22-20-12)11-6-10-4-5-16(2,3)21-13(10)17-8-11/h6-8H,4-5H2,1-3H3. The molecule has 1 aliphatic heterocycles. The smallest absolute Gasteiger partial charge is 0.259 e. The van der Waals surface area contributed by atoms with Gasteiger partial charge in [-0.05, 0) is 39.7 Å². The number of ether oxygens (including phenoxy) is 1. The predicted molar refractivity (Wildman–Crippen MR) is 86.4 cm³/mol. The first kappa shape index (κ1) is 14.3. The first-order valence-electron chi connectivity index (χ1n) is 7.45. The number of aromatic nitrogens is 4. The normalized spacial score (nSPS) is 16.0. The highest BCUT2D eigenvalue weighted by Crippen LogP contribution is 2.33. The van der Waals surface area contributed by atoms with Gasteiger partial charge in [-0.25, -0.2) is 9.97 Å². The van der Waals surface area contributed by atoms with Crippen LogP contribution in [0.4, 0.5) is 0 Å². The Morgan fingerprint density at radius 1 is 1.22 bits per heavy atom. The molecule has 0 bridgehead atoms. The van der Waals surface area contributed by atoms with Crippen LogP contribution >= 0.6 is 11.3 Å². The maximum Gasteiger partial charge on any atom is 0.259 e. The van der Waals surface area contributed by atoms with E-state index in [4.69, 9.17) is 9.26 Å². The van der Waals surface area contributed by atoms with E-state index in [1.807, 2.05) is 13.0 Å². The van der Waals surface area contributed by atoms with Crippen molar-refractivity contribution in [1.29, 1.82) is 0 Å². The first-order chi connectivity index (χ1) is 11.0. The van der Waals surface area contributed by atoms with Crippen molar-refractivity contribution in [2.75, 3.05) is 0 Å². The fourth-order valence-corrected chi connectivity index (χ4v) is 3.21. The maximum absolute atomic E-state index is 5.90. The van der Waals surface area contributed by atoms with E-state index in [1.165, 1.54) is 0 Å². The molecule has 0 unspecified atom stereocenters. The van der Waals surface area contributed by atoms with Crippen molar-refractivity contribution in [1.82, 2.24) is 20.1 Å². The van der Waals surface area contributed by atoms with Gasteiger partial charge in [-0.2, -0.15) is 4.98 Å². The van der Waals surface area contributed by atoms with E-state index in [0.29, 0.717) is 17.6 Å². The fraction of sp³-hybridized carbons (Fsp3) is 0.375. The summed E-state index contributed by atoms with van der Waals surface area (Å²) >= 11 is 1.54. The number of nitrogens with zero attached hydrogens (tertiary/aromatic N) is 4. The third-order valence-corrected chi connectivity index (χ3v) is 4.69. The van der Waals surface area contributed by atoms with Crippen molar-refractivity contribution >= 4 is 11.3 Å². The molecular weight excluding hydrogens is 312 g/mol. The molecule has 0 amide bonds. The van der Waals surface area contributed by atoms with Gasteiger partial charge in [-0.15, -0.1) is 11.3 Å². The maximum atomic E-state index is 5.90. The van der Waals surface area contributed by atoms with Crippen molar-refractivity contribution in [2.45, 2.75) is 39.2 Å². The van der Waals surface area contributed by atoms with Gasteiger partial charge >= 0.3 is 0 Å². The minimum Gasteiger partial charge on any atom is -0.471 e. The first-order valence-corrected chi connectivity index (χ1v) is 8.27. The zero-order valence-electron chi connectivity index (χ0n) is 13.2. The van der Waals surface area contributed by atoms with Crippen LogP contribution in [-0.4, -0.2) is 25.7 Å². The number of fused-ring (bicyclic) bond motifs is 1. The van der Waals surface area contributed by atoms with Crippen molar-refractivity contribution in [2.24, 2.45) is 0 Å². The molecule has 3 aromatic heterocycles. The largest absolute Gasteiger partial charge is 0.471 e. The molecule has 1 aliphatic rings. The highest BCUT2D eigenvalue weighted by molar-refractivity contribution is 7.14. The zero-order chi connectivity index (χ0) is 16.0. The van der Waals surface area contributed by atoms with Crippen LogP contribution < -0.4 is 4.74 Å². The molecule has 0 saturated carbocycles. The Kier molecular flexibility index (Phi) is 3.19. The van der Waals surface area contributed by atoms with Crippen LogP contribution in [0, 0.1) is 6.92 Å². The molecule has 3 aromatic rings. The summed E-state index contributed by atoms with van der Waals surface area (Å²) in [5.41, 5.74) is 1.72. The molecular formula is C16H16N4O2S. The van der Waals surface area contributed by atoms with Crippen LogP contribution in [0.5, 0.6) is 5.88 Å². The highest BCUT2D eigenvalue weighted by atomic mass is 32.1. The molecule has 0 radical (unpaired) electrons. The average Bonchev–Trinajstić information content (AvgIpc) is 3.14. The fourth-order valence-electron chi connectivity index (χ4n) is 2.52. The lowest BCUT2D eigenvalue weighted by Crippen LogP contribution is -2.33. The Hall–Kier alpha value is -2.28. The molecule has 4 heterocycles. The summed E-state index contributed by atoms with van der Waals surface area (Å²) in [4.78, 5) is 14.2. The SMILES string of the molecule is Cc1cnc(-c2noc(-c3cnc4c(c3)CCC(C)(C)O4)n2)s1. The van der Waals surface area contributed by atoms with E-state index in [1.54, 1.807) is 23.7 Å². The Morgan fingerprint density at radius 2 is 2.09 bits per heavy atom. The minimum absolute atomic E-state index is 0.165. The summed E-state index contributed by atoms with van der Waals surface area (Å²) in [6, 6.07) is 2.02. The summed E-state index contributed by atoms with van der Waals surface area (Å²) < 4.78 is 11.3. The number of aryl methyl sites for hydroxylation is 2. The van der Waals surface area contributed by atoms with E-state index >= 15 is 0 Å². The second kappa shape index (κ2) is 5.13. The van der Waals surface area contributed by atoms with E-state index < -0.39 is 0 Å². The lowest BCUT2D eigenvalue weighted by atomic mass is 9.95. The summed E-state index contributed by atoms with van der Waals surface area (Å²) in [5, 5.41) is 4.77. The van der Waals surface area contributed by atoms with Gasteiger partial charge in [0.2, 0.25) is 11.7 Å². The molecule has 0 atom stereocenters. The molecule has 0 fully saturated rings. The lowest BCUT2D eigenvalue weighted by Gasteiger charge is -2.31. The molecule has 0 spiro atoms. The van der Waals surface area contributed by atoms with Crippen LogP contribution in [0.1, 0.15) is 30.7 Å². The van der Waals surface area contributed by atoms with Gasteiger partial charge in [0.25, 0.3) is 5.89 Å². The quantitative estimate of drug-likeness (QED) is 0.714. The Morgan fingerprint density at radius 3 is 2.87 bits per heavy atom. The zero-order valence-corrected chi connectivity index (χ0v) is 14.0. The molecule has 7 heteroatoms. The predicted octanol–water partition coefficient (Wildman–Crippen LogP) is 3.67. The molecule has 0 aromatic carbocycles. The van der Waals surface area contributed by atoms with Crippen LogP contribution in [-0.2, 0) is 6.42 Å². The Bertz CT molecular complexity index is 869. The molecule has 4 rings (SSSR count). The van der Waals surface area contributed by atoms with E-state index in [2.05, 4.69) is 34.0 Å². The summed E-state index contributed by atoms with van der Waals surface area (Å²) in [6.07, 6.45) is 5.40. The van der Waals surface area contributed by atoms with Crippen molar-refractivity contribution < 1.29 is 9.26 Å². The van der Waals surface area contributed by atoms with Crippen molar-refractivity contribution in [3.63, 3.8) is 0 Å². The van der Waals surface area contributed by atoms with Gasteiger partial charge in [0.05, 0.1) is 5.56 Å². The number of thiazole rings is 1. The molecule has 23 heavy (non-hydrogen) atoms. The number of pyridine rings is 1. The van der Waals surface area contributed by atoms with Gasteiger partial charge in [-0.1, -0.05) is 5.16 Å². The summed E-state index contributed by atoms with van der Waals surface area (Å²) in [6.45, 7) is 6.15. The van der Waals surface area contributed by atoms with E-state index in [0.717, 1.165) is 33.9 Å². The van der Waals surface area contributed by atoms with Crippen LogP contribution in [0.3, 0.4) is 0 Å². The van der Waals surface area contributed by atoms with E-state index in [9.17, 15) is 0 Å². The Labute approximate surface area is 137 Å². The number of hydrogen-bond donors (Lipinski definition) is 0. The van der Waals surface area contributed by atoms with E-state index in [-0.39, 0.29) is 5.60 Å². The van der Waals surface area contributed by atoms with Gasteiger partial charge < -0.3 is 9.26 Å². The highest BCUT2D eigenvalue weighted by Gasteiger charge is 2.28. The second-order valence-corrected chi connectivity index (χ2v) is 7.48. The lowest BCUT2D eigenvalue weighted by molar-refractivity contribution is 0.0784. The summed E-state index contributed by atoms with van der Waals surface area (Å²) in [5.74, 6) is 1.65. The van der Waals surface area contributed by atoms with Gasteiger partial charge in [0.15, 0.2) is 5.01 Å². The summed E-state index contributed by atoms with van der Waals surface area (Å²) in [7, 11) is 0. The molecule has 6 nitrogen and oxygen atoms in total. The third kappa shape index (κ3) is 2.72. The Balaban J connectivity index is 1.66. The monoisotopic (exact) mass is 328 g/mol. The van der Waals surface area contributed by atoms with Crippen molar-refractivity contribution in [3.05, 3.63) is 28.9 Å². The third-order valence-electron chi connectivity index (χ3n) is 3.78. The molecule has 0 aliphatic carbocycles. The minimum atomic E-state index is -0.165. The van der Waals surface area contributed by atoms with Gasteiger partial charge in [0.1, 0.15) is 5.60 Å². The van der Waals surface area contributed by atoms with Crippen LogP contribution in [0.25, 0.3) is 22.3 Å². The second-order valence-electron chi connectivity index (χ2n) is 6.25. The molecule has 118 valence electrons. The van der Waals surface area contributed by atoms with Gasteiger partial charge in [-0.3, -0.25) is 0 Å². The molecule has 0 N–H and O–H groups in total. The van der Waals surface area contributed by atoms with Crippen LogP contribution in [0.2, 0.25) is 0 Å².